The Morgan fingerprint density at radius 1 is 1.31 bits per heavy atom. The number of nitrogens with zero attached hydrogens (tertiary/aromatic N) is 4. The Labute approximate surface area is 209 Å². The first-order valence-electron chi connectivity index (χ1n) is 11.3. The third-order valence-electron chi connectivity index (χ3n) is 6.20. The predicted octanol–water partition coefficient (Wildman–Crippen LogP) is 3.07. The number of fused-ring (bicyclic) bond motifs is 3. The number of carbonyl (C=O) groups excluding carboxylic acids is 2. The van der Waals surface area contributed by atoms with Crippen molar-refractivity contribution in [3.63, 3.8) is 0 Å². The topological polar surface area (TPSA) is 124 Å². The van der Waals surface area contributed by atoms with Crippen LogP contribution in [-0.2, 0) is 11.3 Å². The van der Waals surface area contributed by atoms with Crippen molar-refractivity contribution in [3.8, 4) is 39.6 Å². The lowest BCUT2D eigenvalue weighted by molar-refractivity contribution is 0.0941. The van der Waals surface area contributed by atoms with Crippen LogP contribution in [0.2, 0.25) is 0 Å². The van der Waals surface area contributed by atoms with Gasteiger partial charge < -0.3 is 24.4 Å². The number of benzene rings is 1. The molecule has 2 amide bonds. The number of hydrogen-bond donors (Lipinski definition) is 2. The molecule has 0 atom stereocenters. The van der Waals surface area contributed by atoms with E-state index in [0.29, 0.717) is 36.8 Å². The van der Waals surface area contributed by atoms with E-state index in [4.69, 9.17) is 19.3 Å². The molecule has 0 spiro atoms. The number of cyclic esters (lactones) is 1. The highest BCUT2D eigenvalue weighted by Crippen LogP contribution is 2.45. The summed E-state index contributed by atoms with van der Waals surface area (Å²) in [5.74, 6) is 0.962. The fourth-order valence-corrected chi connectivity index (χ4v) is 5.05. The molecule has 11 nitrogen and oxygen atoms in total. The smallest absolute Gasteiger partial charge is 0.409 e. The van der Waals surface area contributed by atoms with Crippen LogP contribution in [0.15, 0.2) is 41.4 Å². The third kappa shape index (κ3) is 3.75. The van der Waals surface area contributed by atoms with Crippen LogP contribution in [0.25, 0.3) is 28.1 Å². The zero-order valence-corrected chi connectivity index (χ0v) is 20.1. The summed E-state index contributed by atoms with van der Waals surface area (Å²) in [5.41, 5.74) is 5.11. The number of hydrogen-bond acceptors (Lipinski definition) is 8. The second kappa shape index (κ2) is 9.04. The van der Waals surface area contributed by atoms with Gasteiger partial charge in [-0.25, -0.2) is 9.48 Å². The molecule has 1 aromatic carbocycles. The maximum absolute atomic E-state index is 13.2. The van der Waals surface area contributed by atoms with Crippen molar-refractivity contribution in [2.45, 2.75) is 6.61 Å². The van der Waals surface area contributed by atoms with Crippen molar-refractivity contribution < 1.29 is 23.8 Å². The van der Waals surface area contributed by atoms with Gasteiger partial charge in [-0.05, 0) is 17.5 Å². The molecule has 5 heterocycles. The normalized spacial score (nSPS) is 14.1. The fraction of sp³-hybridized carbons (Fsp3) is 0.250. The van der Waals surface area contributed by atoms with Gasteiger partial charge in [0.25, 0.3) is 5.91 Å². The molecule has 2 aliphatic heterocycles. The molecule has 12 heteroatoms. The molecule has 6 rings (SSSR count). The highest BCUT2D eigenvalue weighted by Gasteiger charge is 2.32. The maximum atomic E-state index is 13.2. The first kappa shape index (κ1) is 22.2. The monoisotopic (exact) mass is 506 g/mol. The summed E-state index contributed by atoms with van der Waals surface area (Å²) in [4.78, 5) is 26.4. The van der Waals surface area contributed by atoms with E-state index in [1.54, 1.807) is 40.4 Å². The Balaban J connectivity index is 1.39. The highest BCUT2D eigenvalue weighted by atomic mass is 32.1. The van der Waals surface area contributed by atoms with Gasteiger partial charge in [-0.3, -0.25) is 9.89 Å². The van der Waals surface area contributed by atoms with Gasteiger partial charge in [0, 0.05) is 53.0 Å². The number of aromatic amines is 1. The molecule has 4 aromatic rings. The molecule has 0 bridgehead atoms. The van der Waals surface area contributed by atoms with Gasteiger partial charge in [0.1, 0.15) is 24.7 Å². The summed E-state index contributed by atoms with van der Waals surface area (Å²) >= 11 is 1.55. The minimum atomic E-state index is -0.364. The molecule has 2 aliphatic rings. The lowest BCUT2D eigenvalue weighted by Crippen LogP contribution is -2.36. The third-order valence-corrected chi connectivity index (χ3v) is 6.87. The molecule has 0 aliphatic carbocycles. The van der Waals surface area contributed by atoms with Crippen LogP contribution in [0.3, 0.4) is 0 Å². The van der Waals surface area contributed by atoms with Crippen LogP contribution in [0.4, 0.5) is 4.79 Å². The van der Waals surface area contributed by atoms with E-state index < -0.39 is 0 Å². The number of nitrogens with one attached hydrogen (secondary N) is 2. The van der Waals surface area contributed by atoms with Crippen LogP contribution in [-0.4, -0.2) is 70.2 Å². The summed E-state index contributed by atoms with van der Waals surface area (Å²) in [6.07, 6.45) is 3.15. The highest BCUT2D eigenvalue weighted by molar-refractivity contribution is 7.08. The number of amides is 2. The van der Waals surface area contributed by atoms with Gasteiger partial charge in [-0.2, -0.15) is 21.5 Å². The summed E-state index contributed by atoms with van der Waals surface area (Å²) in [5, 5.41) is 18.4. The number of H-pyrrole nitrogens is 1. The molecule has 2 N–H and O–H groups in total. The second-order valence-corrected chi connectivity index (χ2v) is 9.03. The molecule has 1 fully saturated rings. The van der Waals surface area contributed by atoms with Crippen molar-refractivity contribution in [2.24, 2.45) is 0 Å². The van der Waals surface area contributed by atoms with Gasteiger partial charge >= 0.3 is 6.09 Å². The molecule has 0 unspecified atom stereocenters. The van der Waals surface area contributed by atoms with Crippen LogP contribution < -0.4 is 14.8 Å². The quantitative estimate of drug-likeness (QED) is 0.395. The second-order valence-electron chi connectivity index (χ2n) is 8.25. The zero-order valence-electron chi connectivity index (χ0n) is 19.3. The minimum absolute atomic E-state index is 0.182. The lowest BCUT2D eigenvalue weighted by Gasteiger charge is -2.22. The van der Waals surface area contributed by atoms with E-state index in [2.05, 4.69) is 15.5 Å². The van der Waals surface area contributed by atoms with Crippen LogP contribution >= 0.6 is 11.3 Å². The number of thiophene rings is 1. The number of ether oxygens (including phenoxy) is 3. The van der Waals surface area contributed by atoms with Crippen molar-refractivity contribution in [3.05, 3.63) is 52.6 Å². The maximum Gasteiger partial charge on any atom is 0.409 e. The van der Waals surface area contributed by atoms with Gasteiger partial charge in [0.2, 0.25) is 0 Å². The molecule has 0 saturated carbocycles. The molecular weight excluding hydrogens is 484 g/mol. The average Bonchev–Trinajstić information content (AvgIpc) is 3.70. The van der Waals surface area contributed by atoms with E-state index in [1.165, 1.54) is 0 Å². The van der Waals surface area contributed by atoms with E-state index in [0.717, 1.165) is 28.1 Å². The van der Waals surface area contributed by atoms with Crippen LogP contribution in [0.5, 0.6) is 11.5 Å². The largest absolute Gasteiger partial charge is 0.496 e. The predicted molar refractivity (Wildman–Crippen MR) is 131 cm³/mol. The van der Waals surface area contributed by atoms with Crippen molar-refractivity contribution in [1.82, 2.24) is 30.2 Å². The Kier molecular flexibility index (Phi) is 5.56. The zero-order chi connectivity index (χ0) is 24.6. The van der Waals surface area contributed by atoms with E-state index in [1.807, 2.05) is 29.0 Å². The van der Waals surface area contributed by atoms with Gasteiger partial charge in [-0.1, -0.05) is 0 Å². The summed E-state index contributed by atoms with van der Waals surface area (Å²) in [6.45, 7) is 1.72. The summed E-state index contributed by atoms with van der Waals surface area (Å²) in [6, 6.07) is 5.77. The van der Waals surface area contributed by atoms with E-state index in [-0.39, 0.29) is 30.8 Å². The summed E-state index contributed by atoms with van der Waals surface area (Å²) in [7, 11) is 1.61. The number of aromatic nitrogens is 4. The fourth-order valence-electron chi connectivity index (χ4n) is 4.44. The minimum Gasteiger partial charge on any atom is -0.496 e. The Bertz CT molecular complexity index is 1430. The number of methoxy groups -OCH3 is 1. The first-order valence-corrected chi connectivity index (χ1v) is 12.3. The van der Waals surface area contributed by atoms with Gasteiger partial charge in [-0.15, -0.1) is 0 Å². The number of carbonyl (C=O) groups is 2. The Morgan fingerprint density at radius 3 is 2.94 bits per heavy atom. The van der Waals surface area contributed by atoms with Gasteiger partial charge in [0.05, 0.1) is 31.2 Å². The molecule has 1 saturated heterocycles. The van der Waals surface area contributed by atoms with Crippen molar-refractivity contribution >= 4 is 23.3 Å². The van der Waals surface area contributed by atoms with Crippen LogP contribution in [0, 0.1) is 0 Å². The SMILES string of the molecule is COc1cc2c(cc1-c1cn[nH]c1)-c1c(c(C(=O)NCCN3CCOC3=O)nn1-c1ccsc1)CO2. The summed E-state index contributed by atoms with van der Waals surface area (Å²) < 4.78 is 18.4. The first-order chi connectivity index (χ1) is 17.6. The van der Waals surface area contributed by atoms with Crippen molar-refractivity contribution in [1.29, 1.82) is 0 Å². The Hall–Kier alpha value is -4.32. The molecule has 3 aromatic heterocycles. The molecular formula is C24H22N6O5S. The van der Waals surface area contributed by atoms with Crippen molar-refractivity contribution in [2.75, 3.05) is 33.4 Å². The lowest BCUT2D eigenvalue weighted by atomic mass is 9.97. The number of rotatable bonds is 7. The standard InChI is InChI=1S/C24H22N6O5S/c1-33-19-9-20-17(8-16(19)14-10-26-27-11-14)22-18(12-35-20)21(28-30(22)15-2-7-36-13-15)23(31)25-3-4-29-5-6-34-24(29)32/h2,7-11,13H,3-6,12H2,1H3,(H,25,31)(H,26,27). The van der Waals surface area contributed by atoms with E-state index >= 15 is 0 Å². The average molecular weight is 507 g/mol. The molecule has 36 heavy (non-hydrogen) atoms. The molecule has 0 radical (unpaired) electrons. The van der Waals surface area contributed by atoms with Crippen LogP contribution in [0.1, 0.15) is 16.1 Å². The van der Waals surface area contributed by atoms with Gasteiger partial charge in [0.15, 0.2) is 5.69 Å². The van der Waals surface area contributed by atoms with E-state index in [9.17, 15) is 9.59 Å². The molecule has 184 valence electrons. The Morgan fingerprint density at radius 2 is 2.22 bits per heavy atom.